The number of hydrogen-bond acceptors (Lipinski definition) is 3. The number of primary amides is 1. The predicted molar refractivity (Wildman–Crippen MR) is 67.6 cm³/mol. The van der Waals surface area contributed by atoms with E-state index in [0.29, 0.717) is 0 Å². The van der Waals surface area contributed by atoms with Crippen LogP contribution in [-0.2, 0) is 14.3 Å². The van der Waals surface area contributed by atoms with Crippen LogP contribution in [0.5, 0.6) is 0 Å². The topological polar surface area (TPSA) is 81.4 Å². The van der Waals surface area contributed by atoms with Crippen molar-refractivity contribution >= 4 is 11.8 Å². The first-order valence-electron chi connectivity index (χ1n) is 5.58. The molecule has 1 aromatic carbocycles. The summed E-state index contributed by atoms with van der Waals surface area (Å²) in [4.78, 5) is 23.2. The molecular weight excluding hydrogens is 232 g/mol. The SMILES string of the molecule is COC(C(=O)NC(C)(C)C(N)=O)c1ccccc1. The fourth-order valence-electron chi connectivity index (χ4n) is 1.46. The lowest BCUT2D eigenvalue weighted by molar-refractivity contribution is -0.137. The third kappa shape index (κ3) is 3.30. The Bertz CT molecular complexity index is 429. The molecule has 1 aromatic rings. The monoisotopic (exact) mass is 250 g/mol. The summed E-state index contributed by atoms with van der Waals surface area (Å²) in [6.45, 7) is 3.09. The minimum Gasteiger partial charge on any atom is -0.368 e. The zero-order chi connectivity index (χ0) is 13.8. The Morgan fingerprint density at radius 3 is 2.28 bits per heavy atom. The van der Waals surface area contributed by atoms with E-state index in [0.717, 1.165) is 5.56 Å². The number of nitrogens with one attached hydrogen (secondary N) is 1. The van der Waals surface area contributed by atoms with Gasteiger partial charge in [-0.05, 0) is 19.4 Å². The molecule has 1 rings (SSSR count). The molecule has 0 aliphatic carbocycles. The number of rotatable bonds is 5. The van der Waals surface area contributed by atoms with Gasteiger partial charge in [-0.2, -0.15) is 0 Å². The van der Waals surface area contributed by atoms with E-state index in [4.69, 9.17) is 10.5 Å². The first-order valence-corrected chi connectivity index (χ1v) is 5.58. The molecule has 1 unspecified atom stereocenters. The molecule has 0 bridgehead atoms. The van der Waals surface area contributed by atoms with Crippen LogP contribution in [0, 0.1) is 0 Å². The van der Waals surface area contributed by atoms with Crippen molar-refractivity contribution in [2.24, 2.45) is 5.73 Å². The van der Waals surface area contributed by atoms with Crippen molar-refractivity contribution in [1.29, 1.82) is 0 Å². The fourth-order valence-corrected chi connectivity index (χ4v) is 1.46. The second-order valence-corrected chi connectivity index (χ2v) is 4.50. The van der Waals surface area contributed by atoms with E-state index in [1.165, 1.54) is 7.11 Å². The Morgan fingerprint density at radius 2 is 1.83 bits per heavy atom. The van der Waals surface area contributed by atoms with E-state index in [-0.39, 0.29) is 0 Å². The molecule has 5 heteroatoms. The lowest BCUT2D eigenvalue weighted by Gasteiger charge is -2.25. The van der Waals surface area contributed by atoms with Crippen LogP contribution >= 0.6 is 0 Å². The van der Waals surface area contributed by atoms with Crippen LogP contribution in [0.25, 0.3) is 0 Å². The van der Waals surface area contributed by atoms with Crippen molar-refractivity contribution in [2.75, 3.05) is 7.11 Å². The maximum atomic E-state index is 12.1. The van der Waals surface area contributed by atoms with Gasteiger partial charge in [0.1, 0.15) is 5.54 Å². The van der Waals surface area contributed by atoms with E-state index in [2.05, 4.69) is 5.32 Å². The number of nitrogens with two attached hydrogens (primary N) is 1. The maximum Gasteiger partial charge on any atom is 0.254 e. The zero-order valence-corrected chi connectivity index (χ0v) is 10.8. The van der Waals surface area contributed by atoms with Crippen molar-refractivity contribution in [3.05, 3.63) is 35.9 Å². The van der Waals surface area contributed by atoms with Crippen molar-refractivity contribution < 1.29 is 14.3 Å². The maximum absolute atomic E-state index is 12.1. The van der Waals surface area contributed by atoms with E-state index in [1.807, 2.05) is 18.2 Å². The summed E-state index contributed by atoms with van der Waals surface area (Å²) in [5, 5.41) is 2.57. The Labute approximate surface area is 106 Å². The smallest absolute Gasteiger partial charge is 0.254 e. The molecule has 1 atom stereocenters. The van der Waals surface area contributed by atoms with E-state index >= 15 is 0 Å². The molecule has 3 N–H and O–H groups in total. The van der Waals surface area contributed by atoms with Gasteiger partial charge in [-0.3, -0.25) is 9.59 Å². The molecular formula is C13H18N2O3. The normalized spacial score (nSPS) is 12.8. The minimum atomic E-state index is -1.11. The summed E-state index contributed by atoms with van der Waals surface area (Å²) < 4.78 is 5.16. The second-order valence-electron chi connectivity index (χ2n) is 4.50. The van der Waals surface area contributed by atoms with Gasteiger partial charge in [-0.1, -0.05) is 30.3 Å². The summed E-state index contributed by atoms with van der Waals surface area (Å²) >= 11 is 0. The van der Waals surface area contributed by atoms with Crippen LogP contribution in [0.3, 0.4) is 0 Å². The molecule has 0 aromatic heterocycles. The highest BCUT2D eigenvalue weighted by molar-refractivity contribution is 5.91. The van der Waals surface area contributed by atoms with Crippen molar-refractivity contribution in [3.8, 4) is 0 Å². The van der Waals surface area contributed by atoms with Crippen molar-refractivity contribution in [3.63, 3.8) is 0 Å². The highest BCUT2D eigenvalue weighted by Gasteiger charge is 2.30. The standard InChI is InChI=1S/C13H18N2O3/c1-13(2,12(14)17)15-11(16)10(18-3)9-7-5-4-6-8-9/h4-8,10H,1-3H3,(H2,14,17)(H,15,16). The summed E-state index contributed by atoms with van der Waals surface area (Å²) in [7, 11) is 1.44. The summed E-state index contributed by atoms with van der Waals surface area (Å²) in [5.74, 6) is -0.994. The molecule has 0 aliphatic rings. The van der Waals surface area contributed by atoms with Gasteiger partial charge in [0.25, 0.3) is 5.91 Å². The Morgan fingerprint density at radius 1 is 1.28 bits per heavy atom. The molecule has 98 valence electrons. The number of amides is 2. The van der Waals surface area contributed by atoms with Gasteiger partial charge in [-0.15, -0.1) is 0 Å². The van der Waals surface area contributed by atoms with E-state index < -0.39 is 23.5 Å². The molecule has 0 saturated heterocycles. The molecule has 2 amide bonds. The average Bonchev–Trinajstić information content (AvgIpc) is 2.30. The second kappa shape index (κ2) is 5.64. The van der Waals surface area contributed by atoms with Crippen molar-refractivity contribution in [2.45, 2.75) is 25.5 Å². The van der Waals surface area contributed by atoms with Crippen LogP contribution in [0.1, 0.15) is 25.5 Å². The third-order valence-corrected chi connectivity index (χ3v) is 2.63. The lowest BCUT2D eigenvalue weighted by atomic mass is 10.0. The van der Waals surface area contributed by atoms with Gasteiger partial charge in [0.15, 0.2) is 6.10 Å². The average molecular weight is 250 g/mol. The first kappa shape index (κ1) is 14.2. The Hall–Kier alpha value is -1.88. The minimum absolute atomic E-state index is 0.396. The first-order chi connectivity index (χ1) is 8.38. The molecule has 0 spiro atoms. The van der Waals surface area contributed by atoms with E-state index in [9.17, 15) is 9.59 Å². The number of carbonyl (C=O) groups excluding carboxylic acids is 2. The van der Waals surface area contributed by atoms with Crippen LogP contribution in [0.4, 0.5) is 0 Å². The summed E-state index contributed by atoms with van der Waals surface area (Å²) in [6, 6.07) is 9.04. The van der Waals surface area contributed by atoms with Gasteiger partial charge in [-0.25, -0.2) is 0 Å². The third-order valence-electron chi connectivity index (χ3n) is 2.63. The van der Waals surface area contributed by atoms with Crippen LogP contribution in [-0.4, -0.2) is 24.5 Å². The molecule has 0 fully saturated rings. The summed E-state index contributed by atoms with van der Waals surface area (Å²) in [5.41, 5.74) is 4.82. The molecule has 5 nitrogen and oxygen atoms in total. The van der Waals surface area contributed by atoms with Gasteiger partial charge in [0.05, 0.1) is 0 Å². The molecule has 18 heavy (non-hydrogen) atoms. The number of hydrogen-bond donors (Lipinski definition) is 2. The number of benzene rings is 1. The number of ether oxygens (including phenoxy) is 1. The van der Waals surface area contributed by atoms with Gasteiger partial charge < -0.3 is 15.8 Å². The molecule has 0 saturated carbocycles. The number of methoxy groups -OCH3 is 1. The van der Waals surface area contributed by atoms with Crippen LogP contribution in [0.15, 0.2) is 30.3 Å². The van der Waals surface area contributed by atoms with Gasteiger partial charge in [0.2, 0.25) is 5.91 Å². The Kier molecular flexibility index (Phi) is 4.44. The number of carbonyl (C=O) groups is 2. The van der Waals surface area contributed by atoms with E-state index in [1.54, 1.807) is 26.0 Å². The van der Waals surface area contributed by atoms with Crippen molar-refractivity contribution in [1.82, 2.24) is 5.32 Å². The fraction of sp³-hybridized carbons (Fsp3) is 0.385. The van der Waals surface area contributed by atoms with Crippen LogP contribution in [0.2, 0.25) is 0 Å². The van der Waals surface area contributed by atoms with Crippen LogP contribution < -0.4 is 11.1 Å². The largest absolute Gasteiger partial charge is 0.368 e. The van der Waals surface area contributed by atoms with Gasteiger partial charge in [0, 0.05) is 7.11 Å². The predicted octanol–water partition coefficient (Wildman–Crippen LogP) is 0.754. The molecule has 0 heterocycles. The highest BCUT2D eigenvalue weighted by atomic mass is 16.5. The van der Waals surface area contributed by atoms with Gasteiger partial charge >= 0.3 is 0 Å². The summed E-state index contributed by atoms with van der Waals surface area (Å²) in [6.07, 6.45) is -0.759. The Balaban J connectivity index is 2.85. The molecule has 0 aliphatic heterocycles. The quantitative estimate of drug-likeness (QED) is 0.809. The molecule has 0 radical (unpaired) electrons. The highest BCUT2D eigenvalue weighted by Crippen LogP contribution is 2.17. The zero-order valence-electron chi connectivity index (χ0n) is 10.8. The lowest BCUT2D eigenvalue weighted by Crippen LogP contribution is -2.54.